The number of benzene rings is 2. The third-order valence-corrected chi connectivity index (χ3v) is 5.53. The summed E-state index contributed by atoms with van der Waals surface area (Å²) in [4.78, 5) is 24.7. The number of anilines is 2. The molecule has 0 radical (unpaired) electrons. The van der Waals surface area contributed by atoms with Gasteiger partial charge in [0.05, 0.1) is 25.0 Å². The molecule has 3 aromatic rings. The second-order valence-electron chi connectivity index (χ2n) is 6.56. The molecular formula is C21H21ClFN5O3S. The molecule has 0 aliphatic carbocycles. The molecule has 168 valence electrons. The van der Waals surface area contributed by atoms with Crippen molar-refractivity contribution in [2.24, 2.45) is 0 Å². The Morgan fingerprint density at radius 3 is 2.56 bits per heavy atom. The van der Waals surface area contributed by atoms with Crippen LogP contribution in [0, 0.1) is 5.82 Å². The molecule has 2 aromatic carbocycles. The van der Waals surface area contributed by atoms with E-state index in [0.29, 0.717) is 39.7 Å². The first-order chi connectivity index (χ1) is 15.4. The fraction of sp³-hybridized carbons (Fsp3) is 0.238. The van der Waals surface area contributed by atoms with Crippen LogP contribution in [0.25, 0.3) is 0 Å². The number of thioether (sulfide) groups is 1. The van der Waals surface area contributed by atoms with Crippen LogP contribution in [0.15, 0.2) is 47.6 Å². The summed E-state index contributed by atoms with van der Waals surface area (Å²) in [5, 5.41) is 14.6. The molecule has 0 unspecified atom stereocenters. The first-order valence-electron chi connectivity index (χ1n) is 9.63. The second kappa shape index (κ2) is 11.0. The summed E-state index contributed by atoms with van der Waals surface area (Å²) in [7, 11) is 1.51. The fourth-order valence-electron chi connectivity index (χ4n) is 2.85. The van der Waals surface area contributed by atoms with Crippen LogP contribution in [0.1, 0.15) is 12.7 Å². The first-order valence-corrected chi connectivity index (χ1v) is 11.0. The Bertz CT molecular complexity index is 1110. The molecule has 0 aliphatic heterocycles. The highest BCUT2D eigenvalue weighted by molar-refractivity contribution is 7.99. The Morgan fingerprint density at radius 1 is 1.12 bits per heavy atom. The largest absolute Gasteiger partial charge is 0.495 e. The number of methoxy groups -OCH3 is 1. The molecule has 0 aliphatic rings. The highest BCUT2D eigenvalue weighted by Gasteiger charge is 2.17. The van der Waals surface area contributed by atoms with Gasteiger partial charge in [-0.25, -0.2) is 4.39 Å². The monoisotopic (exact) mass is 477 g/mol. The van der Waals surface area contributed by atoms with E-state index in [9.17, 15) is 14.0 Å². The molecule has 2 amide bonds. The zero-order valence-corrected chi connectivity index (χ0v) is 19.0. The molecule has 2 N–H and O–H groups in total. The number of halogens is 2. The molecule has 0 saturated heterocycles. The van der Waals surface area contributed by atoms with Crippen molar-refractivity contribution < 1.29 is 18.7 Å². The van der Waals surface area contributed by atoms with Crippen LogP contribution in [0.5, 0.6) is 5.75 Å². The number of hydrogen-bond donors (Lipinski definition) is 2. The van der Waals surface area contributed by atoms with Crippen molar-refractivity contribution in [3.8, 4) is 5.75 Å². The number of nitrogens with one attached hydrogen (secondary N) is 2. The summed E-state index contributed by atoms with van der Waals surface area (Å²) in [5.41, 5.74) is 0.961. The smallest absolute Gasteiger partial charge is 0.234 e. The van der Waals surface area contributed by atoms with Gasteiger partial charge in [0.1, 0.15) is 17.4 Å². The Kier molecular flexibility index (Phi) is 8.07. The lowest BCUT2D eigenvalue weighted by Crippen LogP contribution is -2.18. The van der Waals surface area contributed by atoms with Gasteiger partial charge in [-0.1, -0.05) is 23.4 Å². The van der Waals surface area contributed by atoms with Crippen molar-refractivity contribution in [2.45, 2.75) is 25.0 Å². The van der Waals surface area contributed by atoms with Crippen LogP contribution < -0.4 is 15.4 Å². The van der Waals surface area contributed by atoms with Gasteiger partial charge in [0.15, 0.2) is 5.16 Å². The van der Waals surface area contributed by atoms with Gasteiger partial charge < -0.3 is 19.9 Å². The summed E-state index contributed by atoms with van der Waals surface area (Å²) in [6.45, 7) is 2.42. The van der Waals surface area contributed by atoms with E-state index in [1.54, 1.807) is 22.8 Å². The Labute approximate surface area is 193 Å². The van der Waals surface area contributed by atoms with Crippen LogP contribution >= 0.6 is 23.4 Å². The molecule has 0 saturated carbocycles. The van der Waals surface area contributed by atoms with E-state index in [1.807, 2.05) is 6.92 Å². The van der Waals surface area contributed by atoms with Crippen LogP contribution in [0.3, 0.4) is 0 Å². The number of carbonyl (C=O) groups excluding carboxylic acids is 2. The predicted octanol–water partition coefficient (Wildman–Crippen LogP) is 4.01. The van der Waals surface area contributed by atoms with E-state index in [1.165, 1.54) is 43.1 Å². The van der Waals surface area contributed by atoms with E-state index in [2.05, 4.69) is 20.8 Å². The number of amides is 2. The molecule has 11 heteroatoms. The number of carbonyl (C=O) groups is 2. The van der Waals surface area contributed by atoms with Crippen molar-refractivity contribution in [1.29, 1.82) is 0 Å². The third-order valence-electron chi connectivity index (χ3n) is 4.32. The van der Waals surface area contributed by atoms with Gasteiger partial charge in [-0.15, -0.1) is 10.2 Å². The quantitative estimate of drug-likeness (QED) is 0.452. The molecule has 8 nitrogen and oxygen atoms in total. The Hall–Kier alpha value is -3.11. The van der Waals surface area contributed by atoms with Crippen LogP contribution in [0.4, 0.5) is 15.8 Å². The van der Waals surface area contributed by atoms with Crippen LogP contribution in [-0.4, -0.2) is 39.4 Å². The van der Waals surface area contributed by atoms with Crippen molar-refractivity contribution in [2.75, 3.05) is 23.5 Å². The van der Waals surface area contributed by atoms with Gasteiger partial charge in [0.25, 0.3) is 0 Å². The van der Waals surface area contributed by atoms with Gasteiger partial charge in [0.2, 0.25) is 11.8 Å². The van der Waals surface area contributed by atoms with Crippen molar-refractivity contribution in [3.05, 3.63) is 59.1 Å². The highest BCUT2D eigenvalue weighted by atomic mass is 35.5. The molecule has 1 heterocycles. The fourth-order valence-corrected chi connectivity index (χ4v) is 3.84. The summed E-state index contributed by atoms with van der Waals surface area (Å²) in [5.74, 6) is 0.0897. The van der Waals surface area contributed by atoms with Gasteiger partial charge in [-0.2, -0.15) is 0 Å². The Morgan fingerprint density at radius 2 is 1.88 bits per heavy atom. The minimum absolute atomic E-state index is 0.00924. The van der Waals surface area contributed by atoms with E-state index in [4.69, 9.17) is 16.3 Å². The zero-order chi connectivity index (χ0) is 23.1. The maximum atomic E-state index is 13.0. The van der Waals surface area contributed by atoms with Crippen LogP contribution in [-0.2, 0) is 22.6 Å². The number of aromatic nitrogens is 3. The first kappa shape index (κ1) is 23.6. The molecule has 0 fully saturated rings. The van der Waals surface area contributed by atoms with Gasteiger partial charge in [0, 0.05) is 17.3 Å². The van der Waals surface area contributed by atoms with E-state index >= 15 is 0 Å². The number of hydrogen-bond acceptors (Lipinski definition) is 6. The normalized spacial score (nSPS) is 10.6. The average Bonchev–Trinajstić information content (AvgIpc) is 3.15. The topological polar surface area (TPSA) is 98.1 Å². The lowest BCUT2D eigenvalue weighted by molar-refractivity contribution is -0.116. The number of nitrogens with zero attached hydrogens (tertiary/aromatic N) is 3. The minimum Gasteiger partial charge on any atom is -0.495 e. The molecule has 0 atom stereocenters. The highest BCUT2D eigenvalue weighted by Crippen LogP contribution is 2.28. The summed E-state index contributed by atoms with van der Waals surface area (Å²) in [6, 6.07) is 10.4. The summed E-state index contributed by atoms with van der Waals surface area (Å²) in [6.07, 6.45) is -0.00924. The lowest BCUT2D eigenvalue weighted by atomic mass is 10.3. The van der Waals surface area contributed by atoms with Crippen LogP contribution in [0.2, 0.25) is 5.02 Å². The molecule has 32 heavy (non-hydrogen) atoms. The SMILES string of the molecule is CCn1c(CC(=O)Nc2ccc(F)cc2)nnc1SCC(=O)Nc1cc(Cl)ccc1OC. The van der Waals surface area contributed by atoms with E-state index in [0.717, 1.165) is 0 Å². The average molecular weight is 478 g/mol. The minimum atomic E-state index is -0.381. The van der Waals surface area contributed by atoms with E-state index in [-0.39, 0.29) is 29.8 Å². The summed E-state index contributed by atoms with van der Waals surface area (Å²) < 4.78 is 20.0. The maximum absolute atomic E-state index is 13.0. The number of ether oxygens (including phenoxy) is 1. The molecule has 1 aromatic heterocycles. The summed E-state index contributed by atoms with van der Waals surface area (Å²) >= 11 is 7.19. The molecule has 0 spiro atoms. The third kappa shape index (κ3) is 6.21. The number of rotatable bonds is 9. The molecular weight excluding hydrogens is 457 g/mol. The lowest BCUT2D eigenvalue weighted by Gasteiger charge is -2.11. The van der Waals surface area contributed by atoms with Gasteiger partial charge >= 0.3 is 0 Å². The van der Waals surface area contributed by atoms with Gasteiger partial charge in [-0.05, 0) is 49.4 Å². The van der Waals surface area contributed by atoms with Gasteiger partial charge in [-0.3, -0.25) is 9.59 Å². The maximum Gasteiger partial charge on any atom is 0.234 e. The van der Waals surface area contributed by atoms with Crippen molar-refractivity contribution in [3.63, 3.8) is 0 Å². The van der Waals surface area contributed by atoms with Crippen molar-refractivity contribution in [1.82, 2.24) is 14.8 Å². The van der Waals surface area contributed by atoms with E-state index < -0.39 is 0 Å². The predicted molar refractivity (Wildman–Crippen MR) is 122 cm³/mol. The standard InChI is InChI=1S/C21H21ClFN5O3S/c1-3-28-18(11-19(29)24-15-7-5-14(23)6-8-15)26-27-21(28)32-12-20(30)25-16-10-13(22)4-9-17(16)31-2/h4-10H,3,11-12H2,1-2H3,(H,24,29)(H,25,30). The van der Waals surface area contributed by atoms with Crippen molar-refractivity contribution >= 4 is 46.6 Å². The molecule has 0 bridgehead atoms. The second-order valence-corrected chi connectivity index (χ2v) is 7.94. The Balaban J connectivity index is 1.59. The molecule has 3 rings (SSSR count). The zero-order valence-electron chi connectivity index (χ0n) is 17.4.